The number of amides is 1. The van der Waals surface area contributed by atoms with Crippen molar-refractivity contribution in [1.82, 2.24) is 14.5 Å². The van der Waals surface area contributed by atoms with Crippen molar-refractivity contribution in [3.8, 4) is 11.3 Å². The standard InChI is InChI=1S/C18H18N4O/c1-11-7-13(5-6-19-11)15-8-14-10-20-17(9-16(14)22(15)2)21-18(23)12-3-4-12/h5-10,12H,3-4H2,1-2H3,(H,20,21,23). The van der Waals surface area contributed by atoms with Crippen LogP contribution in [-0.4, -0.2) is 20.4 Å². The van der Waals surface area contributed by atoms with Crippen LogP contribution in [0.2, 0.25) is 0 Å². The Hall–Kier alpha value is -2.69. The molecule has 1 fully saturated rings. The molecule has 3 aromatic heterocycles. The summed E-state index contributed by atoms with van der Waals surface area (Å²) >= 11 is 0. The Labute approximate surface area is 134 Å². The number of aromatic nitrogens is 3. The van der Waals surface area contributed by atoms with Crippen LogP contribution in [0.1, 0.15) is 18.5 Å². The normalized spacial score (nSPS) is 14.2. The third kappa shape index (κ3) is 2.59. The first-order valence-corrected chi connectivity index (χ1v) is 7.81. The molecule has 116 valence electrons. The predicted molar refractivity (Wildman–Crippen MR) is 90.0 cm³/mol. The summed E-state index contributed by atoms with van der Waals surface area (Å²) in [6, 6.07) is 8.12. The molecule has 5 heteroatoms. The molecule has 4 rings (SSSR count). The molecule has 0 aliphatic heterocycles. The van der Waals surface area contributed by atoms with Gasteiger partial charge in [0.05, 0.1) is 5.52 Å². The number of rotatable bonds is 3. The second kappa shape index (κ2) is 5.19. The number of pyridine rings is 2. The fraction of sp³-hybridized carbons (Fsp3) is 0.278. The maximum absolute atomic E-state index is 11.9. The monoisotopic (exact) mass is 306 g/mol. The number of hydrogen-bond acceptors (Lipinski definition) is 3. The maximum atomic E-state index is 11.9. The smallest absolute Gasteiger partial charge is 0.228 e. The largest absolute Gasteiger partial charge is 0.343 e. The van der Waals surface area contributed by atoms with Crippen LogP contribution in [0.4, 0.5) is 5.82 Å². The van der Waals surface area contributed by atoms with Gasteiger partial charge in [0.15, 0.2) is 0 Å². The van der Waals surface area contributed by atoms with E-state index in [0.29, 0.717) is 5.82 Å². The molecule has 0 saturated heterocycles. The molecule has 0 spiro atoms. The molecule has 0 aromatic carbocycles. The van der Waals surface area contributed by atoms with Crippen molar-refractivity contribution in [2.45, 2.75) is 19.8 Å². The number of nitrogens with zero attached hydrogens (tertiary/aromatic N) is 3. The average Bonchev–Trinajstić information content (AvgIpc) is 3.33. The van der Waals surface area contributed by atoms with E-state index in [1.54, 1.807) is 0 Å². The maximum Gasteiger partial charge on any atom is 0.228 e. The summed E-state index contributed by atoms with van der Waals surface area (Å²) in [7, 11) is 2.03. The summed E-state index contributed by atoms with van der Waals surface area (Å²) in [6.45, 7) is 1.99. The number of nitrogens with one attached hydrogen (secondary N) is 1. The van der Waals surface area contributed by atoms with E-state index in [0.717, 1.165) is 40.7 Å². The zero-order valence-electron chi connectivity index (χ0n) is 13.2. The summed E-state index contributed by atoms with van der Waals surface area (Å²) in [5.41, 5.74) is 4.27. The van der Waals surface area contributed by atoms with E-state index in [-0.39, 0.29) is 11.8 Å². The average molecular weight is 306 g/mol. The second-order valence-corrected chi connectivity index (χ2v) is 6.17. The SMILES string of the molecule is Cc1cc(-c2cc3cnc(NC(=O)C4CC4)cc3n2C)ccn1. The quantitative estimate of drug-likeness (QED) is 0.807. The number of carbonyl (C=O) groups excluding carboxylic acids is 1. The minimum Gasteiger partial charge on any atom is -0.343 e. The highest BCUT2D eigenvalue weighted by molar-refractivity contribution is 5.95. The van der Waals surface area contributed by atoms with E-state index in [1.165, 1.54) is 0 Å². The molecule has 0 bridgehead atoms. The molecular formula is C18H18N4O. The first-order chi connectivity index (χ1) is 11.1. The highest BCUT2D eigenvalue weighted by Crippen LogP contribution is 2.31. The van der Waals surface area contributed by atoms with E-state index < -0.39 is 0 Å². The van der Waals surface area contributed by atoms with E-state index in [2.05, 4.69) is 32.0 Å². The number of carbonyl (C=O) groups is 1. The van der Waals surface area contributed by atoms with Gasteiger partial charge >= 0.3 is 0 Å². The summed E-state index contributed by atoms with van der Waals surface area (Å²) in [6.07, 6.45) is 5.62. The van der Waals surface area contributed by atoms with E-state index in [4.69, 9.17) is 0 Å². The van der Waals surface area contributed by atoms with Crippen molar-refractivity contribution in [2.24, 2.45) is 13.0 Å². The molecule has 1 saturated carbocycles. The lowest BCUT2D eigenvalue weighted by molar-refractivity contribution is -0.117. The van der Waals surface area contributed by atoms with E-state index >= 15 is 0 Å². The Kier molecular flexibility index (Phi) is 3.15. The Morgan fingerprint density at radius 1 is 1.26 bits per heavy atom. The van der Waals surface area contributed by atoms with Gasteiger partial charge in [0, 0.05) is 53.8 Å². The van der Waals surface area contributed by atoms with Gasteiger partial charge in [0.25, 0.3) is 0 Å². The van der Waals surface area contributed by atoms with Crippen molar-refractivity contribution in [3.63, 3.8) is 0 Å². The molecule has 0 unspecified atom stereocenters. The fourth-order valence-electron chi connectivity index (χ4n) is 2.85. The molecule has 3 aromatic rings. The highest BCUT2D eigenvalue weighted by Gasteiger charge is 2.29. The molecule has 3 heterocycles. The minimum absolute atomic E-state index is 0.0797. The Balaban J connectivity index is 1.74. The summed E-state index contributed by atoms with van der Waals surface area (Å²) in [4.78, 5) is 20.5. The van der Waals surface area contributed by atoms with Gasteiger partial charge < -0.3 is 9.88 Å². The van der Waals surface area contributed by atoms with Gasteiger partial charge in [0.2, 0.25) is 5.91 Å². The molecule has 0 radical (unpaired) electrons. The van der Waals surface area contributed by atoms with Crippen LogP contribution < -0.4 is 5.32 Å². The van der Waals surface area contributed by atoms with Gasteiger partial charge in [-0.05, 0) is 38.0 Å². The third-order valence-corrected chi connectivity index (χ3v) is 4.32. The lowest BCUT2D eigenvalue weighted by atomic mass is 10.1. The van der Waals surface area contributed by atoms with Gasteiger partial charge in [-0.1, -0.05) is 0 Å². The lowest BCUT2D eigenvalue weighted by Crippen LogP contribution is -2.14. The van der Waals surface area contributed by atoms with Crippen molar-refractivity contribution in [2.75, 3.05) is 5.32 Å². The molecule has 1 aliphatic rings. The van der Waals surface area contributed by atoms with Gasteiger partial charge in [0.1, 0.15) is 5.82 Å². The number of fused-ring (bicyclic) bond motifs is 1. The molecule has 1 amide bonds. The van der Waals surface area contributed by atoms with E-state index in [9.17, 15) is 4.79 Å². The fourth-order valence-corrected chi connectivity index (χ4v) is 2.85. The zero-order valence-corrected chi connectivity index (χ0v) is 13.2. The van der Waals surface area contributed by atoms with Gasteiger partial charge in [-0.2, -0.15) is 0 Å². The lowest BCUT2D eigenvalue weighted by Gasteiger charge is -2.06. The van der Waals surface area contributed by atoms with Crippen LogP contribution in [0.15, 0.2) is 36.7 Å². The van der Waals surface area contributed by atoms with Crippen LogP contribution >= 0.6 is 0 Å². The Morgan fingerprint density at radius 3 is 2.83 bits per heavy atom. The first-order valence-electron chi connectivity index (χ1n) is 7.81. The molecule has 23 heavy (non-hydrogen) atoms. The predicted octanol–water partition coefficient (Wildman–Crippen LogP) is 3.29. The molecule has 0 atom stereocenters. The van der Waals surface area contributed by atoms with Crippen molar-refractivity contribution < 1.29 is 4.79 Å². The summed E-state index contributed by atoms with van der Waals surface area (Å²) < 4.78 is 2.12. The third-order valence-electron chi connectivity index (χ3n) is 4.32. The summed E-state index contributed by atoms with van der Waals surface area (Å²) in [5.74, 6) is 0.875. The van der Waals surface area contributed by atoms with Crippen molar-refractivity contribution >= 4 is 22.6 Å². The zero-order chi connectivity index (χ0) is 16.0. The molecule has 1 N–H and O–H groups in total. The van der Waals surface area contributed by atoms with Gasteiger partial charge in [-0.25, -0.2) is 4.98 Å². The Morgan fingerprint density at radius 2 is 2.09 bits per heavy atom. The van der Waals surface area contributed by atoms with Crippen LogP contribution in [-0.2, 0) is 11.8 Å². The van der Waals surface area contributed by atoms with Crippen LogP contribution in [0, 0.1) is 12.8 Å². The van der Waals surface area contributed by atoms with E-state index in [1.807, 2.05) is 38.5 Å². The molecular weight excluding hydrogens is 288 g/mol. The minimum atomic E-state index is 0.0797. The molecule has 5 nitrogen and oxygen atoms in total. The van der Waals surface area contributed by atoms with Gasteiger partial charge in [-0.3, -0.25) is 9.78 Å². The van der Waals surface area contributed by atoms with Crippen molar-refractivity contribution in [3.05, 3.63) is 42.4 Å². The second-order valence-electron chi connectivity index (χ2n) is 6.17. The molecule has 1 aliphatic carbocycles. The number of anilines is 1. The van der Waals surface area contributed by atoms with Gasteiger partial charge in [-0.15, -0.1) is 0 Å². The topological polar surface area (TPSA) is 59.8 Å². The summed E-state index contributed by atoms with van der Waals surface area (Å²) in [5, 5.41) is 3.96. The highest BCUT2D eigenvalue weighted by atomic mass is 16.2. The Bertz CT molecular complexity index is 909. The number of hydrogen-bond donors (Lipinski definition) is 1. The first kappa shape index (κ1) is 13.9. The van der Waals surface area contributed by atoms with Crippen LogP contribution in [0.25, 0.3) is 22.2 Å². The number of aryl methyl sites for hydroxylation is 2. The van der Waals surface area contributed by atoms with Crippen molar-refractivity contribution in [1.29, 1.82) is 0 Å². The van der Waals surface area contributed by atoms with Crippen LogP contribution in [0.5, 0.6) is 0 Å². The van der Waals surface area contributed by atoms with Crippen LogP contribution in [0.3, 0.4) is 0 Å².